The first-order chi connectivity index (χ1) is 14.0. The first-order valence-corrected chi connectivity index (χ1v) is 11.7. The molecule has 4 nitrogen and oxygen atoms in total. The molecular formula is C24H31ClN2O2. The maximum absolute atomic E-state index is 13.0. The number of amides is 1. The molecule has 0 unspecified atom stereocenters. The van der Waals surface area contributed by atoms with Crippen molar-refractivity contribution >= 4 is 23.3 Å². The number of ketones is 1. The van der Waals surface area contributed by atoms with Gasteiger partial charge in [-0.05, 0) is 79.4 Å². The summed E-state index contributed by atoms with van der Waals surface area (Å²) < 4.78 is 0. The number of halogens is 1. The van der Waals surface area contributed by atoms with Crippen LogP contribution in [0.5, 0.6) is 0 Å². The minimum absolute atomic E-state index is 0.0404. The van der Waals surface area contributed by atoms with Gasteiger partial charge in [-0.1, -0.05) is 17.7 Å². The van der Waals surface area contributed by atoms with Gasteiger partial charge in [0.25, 0.3) is 5.91 Å². The monoisotopic (exact) mass is 414 g/mol. The molecule has 0 spiro atoms. The van der Waals surface area contributed by atoms with E-state index in [1.54, 1.807) is 0 Å². The highest BCUT2D eigenvalue weighted by Crippen LogP contribution is 2.59. The van der Waals surface area contributed by atoms with Crippen molar-refractivity contribution in [1.82, 2.24) is 10.2 Å². The fourth-order valence-electron chi connectivity index (χ4n) is 6.93. The lowest BCUT2D eigenvalue weighted by Crippen LogP contribution is -2.51. The number of hydrogen-bond acceptors (Lipinski definition) is 3. The number of nitrogens with one attached hydrogen (secondary N) is 1. The summed E-state index contributed by atoms with van der Waals surface area (Å²) >= 11 is 6.39. The molecule has 4 aliphatic carbocycles. The Morgan fingerprint density at radius 1 is 1.07 bits per heavy atom. The van der Waals surface area contributed by atoms with E-state index in [0.29, 0.717) is 34.6 Å². The molecule has 5 heteroatoms. The Labute approximate surface area is 178 Å². The van der Waals surface area contributed by atoms with Crippen LogP contribution in [0.2, 0.25) is 5.02 Å². The van der Waals surface area contributed by atoms with Crippen molar-refractivity contribution < 1.29 is 9.59 Å². The topological polar surface area (TPSA) is 49.4 Å². The number of carbonyl (C=O) groups is 2. The number of Topliss-reactive ketones (excluding diaryl/α,β-unsaturated/α-hetero) is 1. The van der Waals surface area contributed by atoms with Gasteiger partial charge in [0.15, 0.2) is 0 Å². The molecule has 1 amide bonds. The molecule has 5 fully saturated rings. The summed E-state index contributed by atoms with van der Waals surface area (Å²) in [5, 5.41) is 3.77. The molecule has 1 heterocycles. The fraction of sp³-hybridized carbons (Fsp3) is 0.667. The van der Waals surface area contributed by atoms with Crippen molar-refractivity contribution in [2.45, 2.75) is 57.9 Å². The zero-order valence-corrected chi connectivity index (χ0v) is 17.8. The molecule has 0 radical (unpaired) electrons. The van der Waals surface area contributed by atoms with E-state index >= 15 is 0 Å². The molecule has 4 bridgehead atoms. The van der Waals surface area contributed by atoms with E-state index in [9.17, 15) is 9.59 Å². The molecule has 1 aromatic carbocycles. The number of likely N-dealkylation sites (tertiary alicyclic amines) is 1. The van der Waals surface area contributed by atoms with E-state index in [1.165, 1.54) is 38.5 Å². The number of benzene rings is 1. The molecule has 6 rings (SSSR count). The third-order valence-corrected chi connectivity index (χ3v) is 8.21. The molecule has 4 saturated carbocycles. The normalized spacial score (nSPS) is 33.8. The summed E-state index contributed by atoms with van der Waals surface area (Å²) in [6, 6.07) is 5.77. The second-order valence-electron chi connectivity index (χ2n) is 10.2. The third-order valence-electron chi connectivity index (χ3n) is 7.88. The molecular weight excluding hydrogens is 384 g/mol. The third kappa shape index (κ3) is 4.11. The zero-order chi connectivity index (χ0) is 20.0. The van der Waals surface area contributed by atoms with Crippen LogP contribution >= 0.6 is 11.6 Å². The van der Waals surface area contributed by atoms with E-state index in [4.69, 9.17) is 11.6 Å². The van der Waals surface area contributed by atoms with Crippen LogP contribution < -0.4 is 5.32 Å². The van der Waals surface area contributed by atoms with Crippen LogP contribution in [0.3, 0.4) is 0 Å². The minimum Gasteiger partial charge on any atom is -0.351 e. The number of piperidine rings is 1. The number of nitrogens with zero attached hydrogens (tertiary/aromatic N) is 1. The Bertz CT molecular complexity index is 776. The van der Waals surface area contributed by atoms with Gasteiger partial charge in [0.2, 0.25) is 0 Å². The van der Waals surface area contributed by atoms with Crippen molar-refractivity contribution in [3.05, 3.63) is 34.3 Å². The van der Waals surface area contributed by atoms with Gasteiger partial charge < -0.3 is 5.32 Å². The van der Waals surface area contributed by atoms with E-state index in [1.807, 2.05) is 18.2 Å². The highest BCUT2D eigenvalue weighted by atomic mass is 35.5. The Hall–Kier alpha value is -1.39. The largest absolute Gasteiger partial charge is 0.351 e. The standard InChI is InChI=1S/C24H31ClN2O2/c25-22-2-1-16(14-27-5-3-20(28)4-6-27)10-21(22)23(29)26-15-24-11-17-7-18(12-24)9-19(8-17)13-24/h1-2,10,17-19H,3-9,11-15H2,(H,26,29). The summed E-state index contributed by atoms with van der Waals surface area (Å²) in [6.07, 6.45) is 9.40. The summed E-state index contributed by atoms with van der Waals surface area (Å²) in [5.41, 5.74) is 2.00. The van der Waals surface area contributed by atoms with E-state index in [-0.39, 0.29) is 5.91 Å². The lowest BCUT2D eigenvalue weighted by atomic mass is 9.49. The predicted molar refractivity (Wildman–Crippen MR) is 114 cm³/mol. The minimum atomic E-state index is -0.0404. The lowest BCUT2D eigenvalue weighted by molar-refractivity contribution is -0.121. The molecule has 156 valence electrons. The second kappa shape index (κ2) is 7.70. The van der Waals surface area contributed by atoms with Crippen molar-refractivity contribution in [2.24, 2.45) is 23.2 Å². The molecule has 1 aliphatic heterocycles. The molecule has 1 aromatic rings. The van der Waals surface area contributed by atoms with Gasteiger partial charge in [-0.2, -0.15) is 0 Å². The average molecular weight is 415 g/mol. The van der Waals surface area contributed by atoms with Crippen LogP contribution in [-0.2, 0) is 11.3 Å². The van der Waals surface area contributed by atoms with E-state index in [2.05, 4.69) is 10.2 Å². The summed E-state index contributed by atoms with van der Waals surface area (Å²) in [5.74, 6) is 2.98. The van der Waals surface area contributed by atoms with Gasteiger partial charge in [0.05, 0.1) is 10.6 Å². The van der Waals surface area contributed by atoms with Crippen LogP contribution in [-0.4, -0.2) is 36.2 Å². The molecule has 0 atom stereocenters. The highest BCUT2D eigenvalue weighted by molar-refractivity contribution is 6.33. The molecule has 1 N–H and O–H groups in total. The van der Waals surface area contributed by atoms with Crippen molar-refractivity contribution in [3.8, 4) is 0 Å². The number of hydrogen-bond donors (Lipinski definition) is 1. The van der Waals surface area contributed by atoms with Crippen LogP contribution in [0.25, 0.3) is 0 Å². The second-order valence-corrected chi connectivity index (χ2v) is 10.6. The first kappa shape index (κ1) is 19.6. The van der Waals surface area contributed by atoms with Crippen molar-refractivity contribution in [1.29, 1.82) is 0 Å². The smallest absolute Gasteiger partial charge is 0.252 e. The number of rotatable bonds is 5. The fourth-order valence-corrected chi connectivity index (χ4v) is 7.14. The van der Waals surface area contributed by atoms with Gasteiger partial charge in [0.1, 0.15) is 5.78 Å². The maximum Gasteiger partial charge on any atom is 0.252 e. The Kier molecular flexibility index (Phi) is 5.19. The summed E-state index contributed by atoms with van der Waals surface area (Å²) in [4.78, 5) is 26.7. The number of carbonyl (C=O) groups excluding carboxylic acids is 2. The van der Waals surface area contributed by atoms with Crippen LogP contribution in [0.15, 0.2) is 18.2 Å². The van der Waals surface area contributed by atoms with Crippen molar-refractivity contribution in [3.63, 3.8) is 0 Å². The van der Waals surface area contributed by atoms with Gasteiger partial charge in [-0.3, -0.25) is 14.5 Å². The maximum atomic E-state index is 13.0. The van der Waals surface area contributed by atoms with Crippen molar-refractivity contribution in [2.75, 3.05) is 19.6 Å². The van der Waals surface area contributed by atoms with Crippen LogP contribution in [0.4, 0.5) is 0 Å². The molecule has 29 heavy (non-hydrogen) atoms. The first-order valence-electron chi connectivity index (χ1n) is 11.3. The Morgan fingerprint density at radius 2 is 1.69 bits per heavy atom. The van der Waals surface area contributed by atoms with Crippen LogP contribution in [0.1, 0.15) is 67.3 Å². The van der Waals surface area contributed by atoms with Crippen LogP contribution in [0, 0.1) is 23.2 Å². The average Bonchev–Trinajstić information content (AvgIpc) is 2.68. The highest BCUT2D eigenvalue weighted by Gasteiger charge is 2.50. The SMILES string of the molecule is O=C1CCN(Cc2ccc(Cl)c(C(=O)NCC34CC5CC(CC(C5)C3)C4)c2)CC1. The zero-order valence-electron chi connectivity index (χ0n) is 17.1. The Balaban J connectivity index is 1.23. The van der Waals surface area contributed by atoms with Gasteiger partial charge in [-0.25, -0.2) is 0 Å². The van der Waals surface area contributed by atoms with Gasteiger partial charge in [-0.15, -0.1) is 0 Å². The van der Waals surface area contributed by atoms with Gasteiger partial charge >= 0.3 is 0 Å². The van der Waals surface area contributed by atoms with E-state index in [0.717, 1.165) is 49.5 Å². The quantitative estimate of drug-likeness (QED) is 0.774. The van der Waals surface area contributed by atoms with Gasteiger partial charge in [0, 0.05) is 39.0 Å². The lowest BCUT2D eigenvalue weighted by Gasteiger charge is -2.56. The van der Waals surface area contributed by atoms with E-state index < -0.39 is 0 Å². The Morgan fingerprint density at radius 3 is 2.31 bits per heavy atom. The summed E-state index contributed by atoms with van der Waals surface area (Å²) in [7, 11) is 0. The molecule has 1 saturated heterocycles. The summed E-state index contributed by atoms with van der Waals surface area (Å²) in [6.45, 7) is 3.16. The predicted octanol–water partition coefficient (Wildman–Crippen LogP) is 4.45. The molecule has 0 aromatic heterocycles. The molecule has 5 aliphatic rings.